The molecule has 0 bridgehead atoms. The molecule has 7 aromatic rings. The van der Waals surface area contributed by atoms with Crippen molar-refractivity contribution in [3.05, 3.63) is 174 Å². The fraction of sp³-hybridized carbons (Fsp3) is 0.0667. The molecule has 7 aromatic carbocycles. The number of rotatable bonds is 14. The van der Waals surface area contributed by atoms with E-state index in [1.807, 2.05) is 19.1 Å². The van der Waals surface area contributed by atoms with Crippen LogP contribution >= 0.6 is 0 Å². The van der Waals surface area contributed by atoms with Crippen LogP contribution in [0, 0.1) is 6.92 Å². The van der Waals surface area contributed by atoms with Crippen molar-refractivity contribution in [3.8, 4) is 46.0 Å². The number of hydrogen-bond donors (Lipinski definition) is 2. The van der Waals surface area contributed by atoms with Gasteiger partial charge in [-0.25, -0.2) is 16.8 Å². The zero-order valence-corrected chi connectivity index (χ0v) is 34.4. The van der Waals surface area contributed by atoms with Crippen molar-refractivity contribution < 1.29 is 53.9 Å². The summed E-state index contributed by atoms with van der Waals surface area (Å²) in [5.41, 5.74) is 2.71. The molecule has 0 aromatic heterocycles. The van der Waals surface area contributed by atoms with E-state index in [4.69, 9.17) is 18.9 Å². The van der Waals surface area contributed by atoms with Gasteiger partial charge in [0.05, 0.1) is 26.7 Å². The highest BCUT2D eigenvalue weighted by Gasteiger charge is 2.25. The molecule has 60 heavy (non-hydrogen) atoms. The monoisotopic (exact) mass is 864 g/mol. The number of phenolic OH excluding ortho intramolecular Hbond substituents is 1. The van der Waals surface area contributed by atoms with Gasteiger partial charge in [-0.2, -0.15) is 8.42 Å². The molecule has 0 fully saturated rings. The topological polar surface area (TPSA) is 180 Å². The Kier molecular flexibility index (Phi) is 11.7. The summed E-state index contributed by atoms with van der Waals surface area (Å²) in [7, 11) is -11.3. The third-order valence-corrected chi connectivity index (χ3v) is 13.6. The van der Waals surface area contributed by atoms with Crippen LogP contribution in [0.4, 0.5) is 0 Å². The molecule has 0 unspecified atom stereocenters. The SMILES string of the molecule is COc1ccc(Oc2ccc(S(=O)(=O)c3ccc(Oc4ccc(Cc5ccc(Oc6ccc(S(=O)(=O)c7ccc(C)cc7)cc6S(=O)(=O)O)cc5)cc4)cc3)cc2)cc1O. The van der Waals surface area contributed by atoms with Crippen molar-refractivity contribution >= 4 is 29.8 Å². The van der Waals surface area contributed by atoms with Crippen LogP contribution in [0.5, 0.6) is 46.0 Å². The quantitative estimate of drug-likeness (QED) is 0.0991. The number of aryl methyl sites for hydroxylation is 1. The minimum atomic E-state index is -4.86. The average molecular weight is 865 g/mol. The molecule has 0 spiro atoms. The van der Waals surface area contributed by atoms with Crippen LogP contribution in [0.2, 0.25) is 0 Å². The van der Waals surface area contributed by atoms with E-state index in [0.29, 0.717) is 35.2 Å². The number of hydrogen-bond acceptors (Lipinski definition) is 11. The first-order valence-corrected chi connectivity index (χ1v) is 22.5. The Labute approximate surface area is 347 Å². The van der Waals surface area contributed by atoms with E-state index in [-0.39, 0.29) is 36.8 Å². The van der Waals surface area contributed by atoms with Crippen molar-refractivity contribution in [1.29, 1.82) is 0 Å². The first-order chi connectivity index (χ1) is 28.6. The molecule has 7 rings (SSSR count). The van der Waals surface area contributed by atoms with Gasteiger partial charge in [0, 0.05) is 6.07 Å². The number of methoxy groups -OCH3 is 1. The molecule has 0 saturated carbocycles. The zero-order chi connectivity index (χ0) is 42.7. The number of ether oxygens (including phenoxy) is 4. The van der Waals surface area contributed by atoms with Crippen LogP contribution in [0.3, 0.4) is 0 Å². The third kappa shape index (κ3) is 9.45. The van der Waals surface area contributed by atoms with E-state index >= 15 is 0 Å². The first-order valence-electron chi connectivity index (χ1n) is 18.1. The minimum Gasteiger partial charge on any atom is -0.504 e. The average Bonchev–Trinajstić information content (AvgIpc) is 3.22. The highest BCUT2D eigenvalue weighted by Crippen LogP contribution is 2.35. The minimum absolute atomic E-state index is 0.0239. The van der Waals surface area contributed by atoms with Gasteiger partial charge in [0.1, 0.15) is 39.4 Å². The fourth-order valence-electron chi connectivity index (χ4n) is 6.02. The van der Waals surface area contributed by atoms with Gasteiger partial charge >= 0.3 is 0 Å². The van der Waals surface area contributed by atoms with E-state index in [2.05, 4.69) is 0 Å². The van der Waals surface area contributed by atoms with Crippen LogP contribution in [0.25, 0.3) is 0 Å². The molecule has 15 heteroatoms. The summed E-state index contributed by atoms with van der Waals surface area (Å²) in [6.07, 6.45) is 0.535. The van der Waals surface area contributed by atoms with Crippen LogP contribution < -0.4 is 18.9 Å². The van der Waals surface area contributed by atoms with Crippen LogP contribution in [-0.4, -0.2) is 42.0 Å². The third-order valence-electron chi connectivity index (χ3n) is 9.21. The Morgan fingerprint density at radius 3 is 1.30 bits per heavy atom. The highest BCUT2D eigenvalue weighted by molar-refractivity contribution is 7.92. The molecule has 0 atom stereocenters. The van der Waals surface area contributed by atoms with Gasteiger partial charge in [0.25, 0.3) is 10.1 Å². The fourth-order valence-corrected chi connectivity index (χ4v) is 9.29. The second-order valence-corrected chi connectivity index (χ2v) is 18.7. The summed E-state index contributed by atoms with van der Waals surface area (Å²) in [5, 5.41) is 9.99. The summed E-state index contributed by atoms with van der Waals surface area (Å²) >= 11 is 0. The Morgan fingerprint density at radius 2 is 0.833 bits per heavy atom. The summed E-state index contributed by atoms with van der Waals surface area (Å²) in [4.78, 5) is -0.876. The van der Waals surface area contributed by atoms with Gasteiger partial charge in [-0.15, -0.1) is 0 Å². The van der Waals surface area contributed by atoms with Crippen molar-refractivity contribution in [1.82, 2.24) is 0 Å². The van der Waals surface area contributed by atoms with Gasteiger partial charge in [0.2, 0.25) is 19.7 Å². The number of phenols is 1. The standard InChI is InChI=1S/C45H36O12S3/c1-30-3-18-38(19-4-30)59(49,50)41-24-26-44(45(29-41)60(51,52)53)57-36-11-7-32(8-12-36)27-31-5-9-33(10-6-31)55-34-13-20-39(21-14-34)58(47,48)40-22-15-35(16-23-40)56-37-17-25-43(54-2)42(46)28-37/h3-26,28-29,46H,27H2,1-2H3,(H,51,52,53). The maximum absolute atomic E-state index is 13.3. The number of aromatic hydroxyl groups is 1. The molecule has 0 radical (unpaired) electrons. The van der Waals surface area contributed by atoms with Crippen molar-refractivity contribution in [2.24, 2.45) is 0 Å². The van der Waals surface area contributed by atoms with E-state index in [1.54, 1.807) is 72.8 Å². The van der Waals surface area contributed by atoms with Gasteiger partial charge < -0.3 is 24.1 Å². The molecule has 0 heterocycles. The Hall–Kier alpha value is -6.65. The molecular weight excluding hydrogens is 829 g/mol. The normalized spacial score (nSPS) is 11.8. The molecule has 0 saturated heterocycles. The van der Waals surface area contributed by atoms with Gasteiger partial charge in [-0.05, 0) is 140 Å². The predicted octanol–water partition coefficient (Wildman–Crippen LogP) is 9.59. The molecule has 0 amide bonds. The Bertz CT molecular complexity index is 2990. The first kappa shape index (κ1) is 41.5. The summed E-state index contributed by atoms with van der Waals surface area (Å²) in [6, 6.07) is 40.1. The largest absolute Gasteiger partial charge is 0.504 e. The summed E-state index contributed by atoms with van der Waals surface area (Å²) in [5.74, 6) is 1.93. The lowest BCUT2D eigenvalue weighted by Gasteiger charge is -2.12. The molecule has 12 nitrogen and oxygen atoms in total. The maximum Gasteiger partial charge on any atom is 0.298 e. The molecule has 2 N–H and O–H groups in total. The molecular formula is C45H36O12S3. The molecule has 0 aliphatic rings. The van der Waals surface area contributed by atoms with Gasteiger partial charge in [-0.1, -0.05) is 42.0 Å². The predicted molar refractivity (Wildman–Crippen MR) is 222 cm³/mol. The van der Waals surface area contributed by atoms with Crippen molar-refractivity contribution in [3.63, 3.8) is 0 Å². The van der Waals surface area contributed by atoms with E-state index < -0.39 is 34.7 Å². The summed E-state index contributed by atoms with van der Waals surface area (Å²) in [6.45, 7) is 1.81. The maximum atomic E-state index is 13.3. The van der Waals surface area contributed by atoms with Crippen molar-refractivity contribution in [2.45, 2.75) is 37.8 Å². The summed E-state index contributed by atoms with van der Waals surface area (Å²) < 4.78 is 110. The highest BCUT2D eigenvalue weighted by atomic mass is 32.2. The van der Waals surface area contributed by atoms with E-state index in [9.17, 15) is 34.9 Å². The number of benzene rings is 7. The molecule has 0 aliphatic carbocycles. The molecule has 0 aliphatic heterocycles. The molecule has 306 valence electrons. The van der Waals surface area contributed by atoms with E-state index in [1.165, 1.54) is 73.8 Å². The van der Waals surface area contributed by atoms with Crippen LogP contribution in [0.1, 0.15) is 16.7 Å². The second-order valence-electron chi connectivity index (χ2n) is 13.5. The van der Waals surface area contributed by atoms with Crippen molar-refractivity contribution in [2.75, 3.05) is 7.11 Å². The Morgan fingerprint density at radius 1 is 0.450 bits per heavy atom. The zero-order valence-electron chi connectivity index (χ0n) is 31.9. The second kappa shape index (κ2) is 16.9. The lowest BCUT2D eigenvalue weighted by atomic mass is 10.0. The van der Waals surface area contributed by atoms with Crippen LogP contribution in [0.15, 0.2) is 182 Å². The van der Waals surface area contributed by atoms with E-state index in [0.717, 1.165) is 22.8 Å². The lowest BCUT2D eigenvalue weighted by Crippen LogP contribution is -2.06. The lowest BCUT2D eigenvalue weighted by molar-refractivity contribution is 0.370. The van der Waals surface area contributed by atoms with Crippen LogP contribution in [-0.2, 0) is 36.2 Å². The number of sulfone groups is 2. The van der Waals surface area contributed by atoms with Gasteiger partial charge in [-0.3, -0.25) is 4.55 Å². The van der Waals surface area contributed by atoms with Gasteiger partial charge in [0.15, 0.2) is 11.5 Å². The smallest absolute Gasteiger partial charge is 0.298 e. The Balaban J connectivity index is 0.954.